The Morgan fingerprint density at radius 2 is 1.95 bits per heavy atom. The molecule has 6 heteroatoms. The largest absolute Gasteiger partial charge is 0.442 e. The minimum absolute atomic E-state index is 0.151. The van der Waals surface area contributed by atoms with Crippen molar-refractivity contribution in [3.63, 3.8) is 0 Å². The number of aliphatic hydroxyl groups is 1. The van der Waals surface area contributed by atoms with Crippen molar-refractivity contribution in [3.8, 4) is 0 Å². The number of ether oxygens (including phenoxy) is 1. The number of amides is 1. The van der Waals surface area contributed by atoms with Gasteiger partial charge < -0.3 is 9.84 Å². The predicted molar refractivity (Wildman–Crippen MR) is 76.1 cm³/mol. The zero-order chi connectivity index (χ0) is 15.8. The van der Waals surface area contributed by atoms with Gasteiger partial charge in [-0.25, -0.2) is 9.18 Å². The maximum atomic E-state index is 13.0. The van der Waals surface area contributed by atoms with Gasteiger partial charge in [-0.3, -0.25) is 0 Å². The average molecular weight is 294 g/mol. The van der Waals surface area contributed by atoms with Crippen LogP contribution in [0.25, 0.3) is 0 Å². The summed E-state index contributed by atoms with van der Waals surface area (Å²) in [7, 11) is 0. The summed E-state index contributed by atoms with van der Waals surface area (Å²) in [5, 5.41) is 15.8. The molecular weight excluding hydrogens is 275 g/mol. The lowest BCUT2D eigenvalue weighted by Gasteiger charge is -2.32. The maximum Gasteiger partial charge on any atom is 0.433 e. The number of hydrogen-bond donors (Lipinski definition) is 1. The fourth-order valence-electron chi connectivity index (χ4n) is 2.16. The average Bonchev–Trinajstić information content (AvgIpc) is 2.64. The lowest BCUT2D eigenvalue weighted by atomic mass is 9.98. The van der Waals surface area contributed by atoms with Crippen LogP contribution in [0.15, 0.2) is 29.4 Å². The standard InChI is InChI=1S/C15H19FN2O3/c1-10-9-15(20,11-5-7-12(16)8-6-11)18(17-10)13(19)21-14(2,3)4/h5-8,20H,9H2,1-4H3. The van der Waals surface area contributed by atoms with E-state index in [4.69, 9.17) is 4.74 Å². The highest BCUT2D eigenvalue weighted by molar-refractivity contribution is 5.87. The smallest absolute Gasteiger partial charge is 0.433 e. The molecule has 2 rings (SSSR count). The number of benzene rings is 1. The topological polar surface area (TPSA) is 62.1 Å². The summed E-state index contributed by atoms with van der Waals surface area (Å²) in [4.78, 5) is 12.2. The van der Waals surface area contributed by atoms with Crippen LogP contribution in [-0.2, 0) is 10.5 Å². The molecule has 21 heavy (non-hydrogen) atoms. The second-order valence-electron chi connectivity index (χ2n) is 6.13. The van der Waals surface area contributed by atoms with Crippen molar-refractivity contribution in [1.82, 2.24) is 5.01 Å². The van der Waals surface area contributed by atoms with Gasteiger partial charge in [0.15, 0.2) is 5.72 Å². The Balaban J connectivity index is 2.33. The molecule has 0 spiro atoms. The lowest BCUT2D eigenvalue weighted by molar-refractivity contribution is -0.0975. The molecule has 1 aliphatic rings. The first-order chi connectivity index (χ1) is 9.62. The Bertz CT molecular complexity index is 578. The van der Waals surface area contributed by atoms with Gasteiger partial charge in [0.1, 0.15) is 11.4 Å². The highest BCUT2D eigenvalue weighted by Gasteiger charge is 2.46. The highest BCUT2D eigenvalue weighted by Crippen LogP contribution is 2.36. The second-order valence-corrected chi connectivity index (χ2v) is 6.13. The van der Waals surface area contributed by atoms with E-state index in [1.807, 2.05) is 0 Å². The maximum absolute atomic E-state index is 13.0. The van der Waals surface area contributed by atoms with Gasteiger partial charge in [-0.05, 0) is 39.8 Å². The summed E-state index contributed by atoms with van der Waals surface area (Å²) in [5.74, 6) is -0.415. The number of hydrazone groups is 1. The summed E-state index contributed by atoms with van der Waals surface area (Å²) in [6.07, 6.45) is -0.594. The summed E-state index contributed by atoms with van der Waals surface area (Å²) in [6.45, 7) is 6.90. The third-order valence-corrected chi connectivity index (χ3v) is 3.00. The normalized spacial score (nSPS) is 22.2. The quantitative estimate of drug-likeness (QED) is 0.866. The van der Waals surface area contributed by atoms with Crippen LogP contribution in [0.3, 0.4) is 0 Å². The van der Waals surface area contributed by atoms with Gasteiger partial charge in [0.2, 0.25) is 0 Å². The molecule has 0 aliphatic carbocycles. The van der Waals surface area contributed by atoms with Crippen LogP contribution in [-0.4, -0.2) is 27.5 Å². The first-order valence-corrected chi connectivity index (χ1v) is 6.67. The SMILES string of the molecule is CC1=NN(C(=O)OC(C)(C)C)C(O)(c2ccc(F)cc2)C1. The summed E-state index contributed by atoms with van der Waals surface area (Å²) >= 11 is 0. The molecular formula is C15H19FN2O3. The van der Waals surface area contributed by atoms with E-state index < -0.39 is 23.2 Å². The van der Waals surface area contributed by atoms with E-state index in [0.29, 0.717) is 11.3 Å². The summed E-state index contributed by atoms with van der Waals surface area (Å²) in [6, 6.07) is 5.32. The van der Waals surface area contributed by atoms with Crippen LogP contribution >= 0.6 is 0 Å². The van der Waals surface area contributed by atoms with Crippen molar-refractivity contribution in [2.75, 3.05) is 0 Å². The molecule has 0 aromatic heterocycles. The fraction of sp³-hybridized carbons (Fsp3) is 0.467. The molecule has 0 radical (unpaired) electrons. The third-order valence-electron chi connectivity index (χ3n) is 3.00. The zero-order valence-electron chi connectivity index (χ0n) is 12.6. The van der Waals surface area contributed by atoms with Crippen molar-refractivity contribution < 1.29 is 19.0 Å². The minimum atomic E-state index is -1.65. The highest BCUT2D eigenvalue weighted by atomic mass is 19.1. The Morgan fingerprint density at radius 3 is 2.48 bits per heavy atom. The van der Waals surface area contributed by atoms with Gasteiger partial charge >= 0.3 is 6.09 Å². The first-order valence-electron chi connectivity index (χ1n) is 6.67. The lowest BCUT2D eigenvalue weighted by Crippen LogP contribution is -2.45. The van der Waals surface area contributed by atoms with E-state index in [9.17, 15) is 14.3 Å². The molecule has 1 aliphatic heterocycles. The van der Waals surface area contributed by atoms with E-state index in [-0.39, 0.29) is 6.42 Å². The van der Waals surface area contributed by atoms with Gasteiger partial charge in [-0.15, -0.1) is 0 Å². The van der Waals surface area contributed by atoms with Crippen molar-refractivity contribution in [2.24, 2.45) is 5.10 Å². The Labute approximate surface area is 123 Å². The zero-order valence-corrected chi connectivity index (χ0v) is 12.6. The summed E-state index contributed by atoms with van der Waals surface area (Å²) in [5.41, 5.74) is -1.38. The molecule has 1 unspecified atom stereocenters. The molecule has 0 saturated heterocycles. The predicted octanol–water partition coefficient (Wildman–Crippen LogP) is 2.99. The van der Waals surface area contributed by atoms with Gasteiger partial charge in [-0.2, -0.15) is 10.1 Å². The molecule has 1 aromatic rings. The van der Waals surface area contributed by atoms with Crippen molar-refractivity contribution >= 4 is 11.8 Å². The number of nitrogens with zero attached hydrogens (tertiary/aromatic N) is 2. The van der Waals surface area contributed by atoms with Gasteiger partial charge in [0.25, 0.3) is 0 Å². The van der Waals surface area contributed by atoms with Crippen LogP contribution in [0.1, 0.15) is 39.7 Å². The van der Waals surface area contributed by atoms with Crippen LogP contribution in [0.5, 0.6) is 0 Å². The van der Waals surface area contributed by atoms with E-state index >= 15 is 0 Å². The fourth-order valence-corrected chi connectivity index (χ4v) is 2.16. The van der Waals surface area contributed by atoms with Crippen molar-refractivity contribution in [3.05, 3.63) is 35.6 Å². The Kier molecular flexibility index (Phi) is 3.76. The minimum Gasteiger partial charge on any atom is -0.442 e. The third kappa shape index (κ3) is 3.21. The number of hydrogen-bond acceptors (Lipinski definition) is 4. The molecule has 1 N–H and O–H groups in total. The monoisotopic (exact) mass is 294 g/mol. The molecule has 1 atom stereocenters. The van der Waals surface area contributed by atoms with E-state index in [2.05, 4.69) is 5.10 Å². The van der Waals surface area contributed by atoms with Crippen LogP contribution in [0, 0.1) is 5.82 Å². The van der Waals surface area contributed by atoms with Crippen LogP contribution in [0.4, 0.5) is 9.18 Å². The number of carbonyl (C=O) groups excluding carboxylic acids is 1. The van der Waals surface area contributed by atoms with Crippen molar-refractivity contribution in [1.29, 1.82) is 0 Å². The number of halogens is 1. The van der Waals surface area contributed by atoms with Crippen LogP contribution < -0.4 is 0 Å². The van der Waals surface area contributed by atoms with Crippen LogP contribution in [0.2, 0.25) is 0 Å². The summed E-state index contributed by atoms with van der Waals surface area (Å²) < 4.78 is 18.3. The number of carbonyl (C=O) groups is 1. The van der Waals surface area contributed by atoms with E-state index in [1.165, 1.54) is 24.3 Å². The Morgan fingerprint density at radius 1 is 1.38 bits per heavy atom. The molecule has 1 aromatic carbocycles. The van der Waals surface area contributed by atoms with E-state index in [0.717, 1.165) is 5.01 Å². The van der Waals surface area contributed by atoms with Gasteiger partial charge in [-0.1, -0.05) is 12.1 Å². The molecule has 114 valence electrons. The first kappa shape index (κ1) is 15.4. The molecule has 0 bridgehead atoms. The molecule has 1 amide bonds. The molecule has 5 nitrogen and oxygen atoms in total. The molecule has 1 heterocycles. The van der Waals surface area contributed by atoms with E-state index in [1.54, 1.807) is 27.7 Å². The Hall–Kier alpha value is -1.95. The van der Waals surface area contributed by atoms with Crippen molar-refractivity contribution in [2.45, 2.75) is 45.4 Å². The van der Waals surface area contributed by atoms with Gasteiger partial charge in [0.05, 0.1) is 0 Å². The molecule has 0 fully saturated rings. The second kappa shape index (κ2) is 5.11. The van der Waals surface area contributed by atoms with Gasteiger partial charge in [0, 0.05) is 17.7 Å². The molecule has 0 saturated carbocycles. The number of rotatable bonds is 1.